The third-order valence-corrected chi connectivity index (χ3v) is 2.71. The summed E-state index contributed by atoms with van der Waals surface area (Å²) in [6.45, 7) is 3.96. The fourth-order valence-corrected chi connectivity index (χ4v) is 1.93. The van der Waals surface area contributed by atoms with Crippen LogP contribution in [0.15, 0.2) is 0 Å². The smallest absolute Gasteiger partial charge is 0.312 e. The van der Waals surface area contributed by atoms with Crippen LogP contribution in [0.5, 0.6) is 0 Å². The first-order valence-corrected chi connectivity index (χ1v) is 3.43. The number of carbonyl (C=O) groups is 1. The van der Waals surface area contributed by atoms with E-state index in [1.54, 1.807) is 0 Å². The van der Waals surface area contributed by atoms with Crippen molar-refractivity contribution in [1.29, 1.82) is 0 Å². The number of rotatable bonds is 0. The van der Waals surface area contributed by atoms with E-state index < -0.39 is 6.29 Å². The normalized spacial score (nSPS) is 48.3. The Hall–Kier alpha value is -0.570. The van der Waals surface area contributed by atoms with Gasteiger partial charge in [0.1, 0.15) is 0 Å². The monoisotopic (exact) mass is 142 g/mol. The summed E-state index contributed by atoms with van der Waals surface area (Å²) < 4.78 is 4.58. The first-order valence-electron chi connectivity index (χ1n) is 3.43. The Morgan fingerprint density at radius 3 is 2.40 bits per heavy atom. The molecule has 56 valence electrons. The van der Waals surface area contributed by atoms with Gasteiger partial charge in [-0.3, -0.25) is 4.79 Å². The maximum Gasteiger partial charge on any atom is 0.312 e. The Labute approximate surface area is 59.0 Å². The third-order valence-electron chi connectivity index (χ3n) is 2.71. The van der Waals surface area contributed by atoms with E-state index in [1.807, 2.05) is 13.8 Å². The molecule has 0 aromatic heterocycles. The summed E-state index contributed by atoms with van der Waals surface area (Å²) in [6, 6.07) is 0. The van der Waals surface area contributed by atoms with E-state index in [1.165, 1.54) is 0 Å². The van der Waals surface area contributed by atoms with Crippen molar-refractivity contribution in [3.8, 4) is 0 Å². The molecule has 3 nitrogen and oxygen atoms in total. The number of esters is 1. The largest absolute Gasteiger partial charge is 0.435 e. The van der Waals surface area contributed by atoms with Crippen molar-refractivity contribution < 1.29 is 14.6 Å². The van der Waals surface area contributed by atoms with Crippen LogP contribution in [0.25, 0.3) is 0 Å². The number of ether oxygens (including phenoxy) is 1. The molecule has 2 rings (SSSR count). The van der Waals surface area contributed by atoms with Crippen LogP contribution < -0.4 is 0 Å². The van der Waals surface area contributed by atoms with Crippen molar-refractivity contribution in [1.82, 2.24) is 0 Å². The fourth-order valence-electron chi connectivity index (χ4n) is 1.93. The number of aliphatic hydroxyl groups is 1. The summed E-state index contributed by atoms with van der Waals surface area (Å²) in [6.07, 6.45) is -0.840. The molecular formula is C7H10O3. The molecule has 1 saturated heterocycles. The van der Waals surface area contributed by atoms with Gasteiger partial charge in [-0.1, -0.05) is 13.8 Å². The summed E-state index contributed by atoms with van der Waals surface area (Å²) in [5.41, 5.74) is -0.0191. The predicted molar refractivity (Wildman–Crippen MR) is 32.9 cm³/mol. The quantitative estimate of drug-likeness (QED) is 0.489. The highest BCUT2D eigenvalue weighted by Crippen LogP contribution is 2.63. The lowest BCUT2D eigenvalue weighted by Gasteiger charge is -2.11. The zero-order valence-corrected chi connectivity index (χ0v) is 6.00. The molecule has 1 aliphatic carbocycles. The second-order valence-corrected chi connectivity index (χ2v) is 3.65. The molecule has 2 fully saturated rings. The second-order valence-electron chi connectivity index (χ2n) is 3.65. The molecule has 2 aliphatic rings. The third kappa shape index (κ3) is 0.475. The minimum Gasteiger partial charge on any atom is -0.435 e. The van der Waals surface area contributed by atoms with Crippen LogP contribution in [0.3, 0.4) is 0 Å². The molecule has 0 aromatic rings. The molecule has 1 heterocycles. The lowest BCUT2D eigenvalue weighted by Crippen LogP contribution is -2.18. The molecular weight excluding hydrogens is 132 g/mol. The van der Waals surface area contributed by atoms with Crippen molar-refractivity contribution in [2.75, 3.05) is 0 Å². The minimum absolute atomic E-state index is 0.0191. The average molecular weight is 142 g/mol. The van der Waals surface area contributed by atoms with Crippen molar-refractivity contribution in [2.24, 2.45) is 17.3 Å². The van der Waals surface area contributed by atoms with Crippen LogP contribution in [0, 0.1) is 17.3 Å². The van der Waals surface area contributed by atoms with Crippen LogP contribution >= 0.6 is 0 Å². The van der Waals surface area contributed by atoms with Crippen molar-refractivity contribution in [2.45, 2.75) is 20.1 Å². The van der Waals surface area contributed by atoms with Crippen LogP contribution in [0.4, 0.5) is 0 Å². The SMILES string of the molecule is CC1(C)C2C(=O)OC(O)C21. The van der Waals surface area contributed by atoms with Gasteiger partial charge in [0.15, 0.2) is 0 Å². The zero-order chi connectivity index (χ0) is 7.52. The van der Waals surface area contributed by atoms with E-state index in [0.717, 1.165) is 0 Å². The van der Waals surface area contributed by atoms with E-state index in [-0.39, 0.29) is 23.2 Å². The van der Waals surface area contributed by atoms with Gasteiger partial charge < -0.3 is 9.84 Å². The second kappa shape index (κ2) is 1.37. The summed E-state index contributed by atoms with van der Waals surface area (Å²) in [5, 5.41) is 9.10. The van der Waals surface area contributed by atoms with E-state index in [4.69, 9.17) is 5.11 Å². The molecule has 1 saturated carbocycles. The lowest BCUT2D eigenvalue weighted by atomic mass is 10.1. The Morgan fingerprint density at radius 1 is 1.60 bits per heavy atom. The first kappa shape index (κ1) is 6.16. The molecule has 0 amide bonds. The Kier molecular flexibility index (Phi) is 0.844. The number of hydrogen-bond donors (Lipinski definition) is 1. The Balaban J connectivity index is 2.25. The number of aliphatic hydroxyl groups excluding tert-OH is 1. The van der Waals surface area contributed by atoms with E-state index in [0.29, 0.717) is 0 Å². The summed E-state index contributed by atoms with van der Waals surface area (Å²) in [7, 11) is 0. The molecule has 1 N–H and O–H groups in total. The lowest BCUT2D eigenvalue weighted by molar-refractivity contribution is -0.164. The molecule has 0 spiro atoms. The predicted octanol–water partition coefficient (Wildman–Crippen LogP) is 0.134. The fraction of sp³-hybridized carbons (Fsp3) is 0.857. The van der Waals surface area contributed by atoms with E-state index >= 15 is 0 Å². The van der Waals surface area contributed by atoms with Crippen LogP contribution in [0.1, 0.15) is 13.8 Å². The molecule has 0 radical (unpaired) electrons. The highest BCUT2D eigenvalue weighted by Gasteiger charge is 2.71. The first-order chi connectivity index (χ1) is 4.55. The number of cyclic esters (lactones) is 1. The molecule has 10 heavy (non-hydrogen) atoms. The van der Waals surface area contributed by atoms with Gasteiger partial charge >= 0.3 is 5.97 Å². The molecule has 0 aromatic carbocycles. The van der Waals surface area contributed by atoms with Crippen molar-refractivity contribution in [3.63, 3.8) is 0 Å². The van der Waals surface area contributed by atoms with E-state index in [2.05, 4.69) is 4.74 Å². The van der Waals surface area contributed by atoms with Gasteiger partial charge in [-0.25, -0.2) is 0 Å². The van der Waals surface area contributed by atoms with Gasteiger partial charge in [0.25, 0.3) is 0 Å². The van der Waals surface area contributed by atoms with Gasteiger partial charge in [-0.2, -0.15) is 0 Å². The van der Waals surface area contributed by atoms with Crippen molar-refractivity contribution in [3.05, 3.63) is 0 Å². The van der Waals surface area contributed by atoms with E-state index in [9.17, 15) is 4.79 Å². The summed E-state index contributed by atoms with van der Waals surface area (Å²) >= 11 is 0. The molecule has 0 bridgehead atoms. The standard InChI is InChI=1S/C7H10O3/c1-7(2)3-4(7)6(9)10-5(3)8/h3-5,8H,1-2H3. The highest BCUT2D eigenvalue weighted by atomic mass is 16.6. The highest BCUT2D eigenvalue weighted by molar-refractivity contribution is 5.80. The summed E-state index contributed by atoms with van der Waals surface area (Å²) in [5.74, 6) is -0.218. The van der Waals surface area contributed by atoms with Crippen LogP contribution in [0.2, 0.25) is 0 Å². The summed E-state index contributed by atoms with van der Waals surface area (Å²) in [4.78, 5) is 10.9. The van der Waals surface area contributed by atoms with Gasteiger partial charge in [-0.15, -0.1) is 0 Å². The van der Waals surface area contributed by atoms with Gasteiger partial charge in [0.05, 0.1) is 5.92 Å². The molecule has 3 unspecified atom stereocenters. The number of hydrogen-bond acceptors (Lipinski definition) is 3. The van der Waals surface area contributed by atoms with Crippen LogP contribution in [-0.4, -0.2) is 17.4 Å². The zero-order valence-electron chi connectivity index (χ0n) is 6.00. The topological polar surface area (TPSA) is 46.5 Å². The Bertz CT molecular complexity index is 197. The van der Waals surface area contributed by atoms with Gasteiger partial charge in [0.2, 0.25) is 6.29 Å². The molecule has 1 aliphatic heterocycles. The molecule has 3 heteroatoms. The number of fused-ring (bicyclic) bond motifs is 1. The number of carbonyl (C=O) groups excluding carboxylic acids is 1. The maximum absolute atomic E-state index is 10.9. The minimum atomic E-state index is -0.840. The Morgan fingerprint density at radius 2 is 2.20 bits per heavy atom. The van der Waals surface area contributed by atoms with Crippen molar-refractivity contribution >= 4 is 5.97 Å². The average Bonchev–Trinajstić information content (AvgIpc) is 2.17. The molecule has 3 atom stereocenters. The van der Waals surface area contributed by atoms with Gasteiger partial charge in [-0.05, 0) is 5.41 Å². The van der Waals surface area contributed by atoms with Gasteiger partial charge in [0, 0.05) is 5.92 Å². The maximum atomic E-state index is 10.9. The van der Waals surface area contributed by atoms with Crippen LogP contribution in [-0.2, 0) is 9.53 Å².